The predicted molar refractivity (Wildman–Crippen MR) is 49.3 cm³/mol. The van der Waals surface area contributed by atoms with E-state index in [9.17, 15) is 18.0 Å². The Kier molecular flexibility index (Phi) is 3.96. The molecule has 1 amide bonds. The van der Waals surface area contributed by atoms with Crippen molar-refractivity contribution >= 4 is 5.91 Å². The van der Waals surface area contributed by atoms with Gasteiger partial charge in [0.15, 0.2) is 0 Å². The van der Waals surface area contributed by atoms with Gasteiger partial charge in [0.1, 0.15) is 5.92 Å². The lowest BCUT2D eigenvalue weighted by Gasteiger charge is -2.25. The van der Waals surface area contributed by atoms with Gasteiger partial charge in [0, 0.05) is 12.6 Å². The van der Waals surface area contributed by atoms with E-state index >= 15 is 0 Å². The number of hydrogen-bond donors (Lipinski definition) is 2. The molecule has 88 valence electrons. The normalized spacial score (nSPS) is 24.7. The Hall–Kier alpha value is -0.780. The molecule has 1 aliphatic heterocycles. The highest BCUT2D eigenvalue weighted by Crippen LogP contribution is 2.25. The molecule has 1 rings (SSSR count). The highest BCUT2D eigenvalue weighted by atomic mass is 19.4. The maximum atomic E-state index is 12.2. The summed E-state index contributed by atoms with van der Waals surface area (Å²) in [5.74, 6) is -2.87. The predicted octanol–water partition coefficient (Wildman–Crippen LogP) is 1.05. The van der Waals surface area contributed by atoms with Gasteiger partial charge in [-0.3, -0.25) is 4.79 Å². The van der Waals surface area contributed by atoms with Crippen molar-refractivity contribution in [3.05, 3.63) is 0 Å². The number of rotatable bonds is 2. The SMILES string of the molecule is CC(C(=O)NC1CCCNC1)C(F)(F)F. The van der Waals surface area contributed by atoms with Crippen molar-refractivity contribution in [3.8, 4) is 0 Å². The van der Waals surface area contributed by atoms with Gasteiger partial charge < -0.3 is 10.6 Å². The average molecular weight is 224 g/mol. The molecule has 0 aromatic rings. The van der Waals surface area contributed by atoms with Gasteiger partial charge in [-0.05, 0) is 26.3 Å². The van der Waals surface area contributed by atoms with Crippen molar-refractivity contribution in [3.63, 3.8) is 0 Å². The third kappa shape index (κ3) is 3.70. The van der Waals surface area contributed by atoms with E-state index in [-0.39, 0.29) is 6.04 Å². The molecule has 0 aliphatic carbocycles. The molecule has 1 saturated heterocycles. The van der Waals surface area contributed by atoms with E-state index in [1.54, 1.807) is 0 Å². The summed E-state index contributed by atoms with van der Waals surface area (Å²) >= 11 is 0. The maximum absolute atomic E-state index is 12.2. The number of carbonyl (C=O) groups is 1. The molecule has 15 heavy (non-hydrogen) atoms. The number of nitrogens with one attached hydrogen (secondary N) is 2. The fourth-order valence-corrected chi connectivity index (χ4v) is 1.45. The zero-order valence-corrected chi connectivity index (χ0v) is 8.53. The van der Waals surface area contributed by atoms with Gasteiger partial charge in [-0.25, -0.2) is 0 Å². The van der Waals surface area contributed by atoms with Gasteiger partial charge in [-0.1, -0.05) is 0 Å². The third-order valence-corrected chi connectivity index (χ3v) is 2.53. The van der Waals surface area contributed by atoms with Crippen LogP contribution in [0.4, 0.5) is 13.2 Å². The first-order valence-electron chi connectivity index (χ1n) is 4.99. The van der Waals surface area contributed by atoms with Crippen molar-refractivity contribution < 1.29 is 18.0 Å². The minimum atomic E-state index is -4.45. The lowest BCUT2D eigenvalue weighted by atomic mass is 10.1. The number of halogens is 3. The standard InChI is InChI=1S/C9H15F3N2O/c1-6(9(10,11)12)8(15)14-7-3-2-4-13-5-7/h6-7,13H,2-5H2,1H3,(H,14,15). The van der Waals surface area contributed by atoms with Gasteiger partial charge in [-0.15, -0.1) is 0 Å². The van der Waals surface area contributed by atoms with Crippen LogP contribution in [-0.4, -0.2) is 31.2 Å². The van der Waals surface area contributed by atoms with Gasteiger partial charge >= 0.3 is 6.18 Å². The zero-order valence-electron chi connectivity index (χ0n) is 8.53. The Morgan fingerprint density at radius 2 is 2.20 bits per heavy atom. The van der Waals surface area contributed by atoms with Crippen molar-refractivity contribution in [2.75, 3.05) is 13.1 Å². The summed E-state index contributed by atoms with van der Waals surface area (Å²) in [5.41, 5.74) is 0. The highest BCUT2D eigenvalue weighted by molar-refractivity contribution is 5.79. The Morgan fingerprint density at radius 3 is 2.67 bits per heavy atom. The molecule has 0 spiro atoms. The van der Waals surface area contributed by atoms with Crippen LogP contribution in [0.15, 0.2) is 0 Å². The zero-order chi connectivity index (χ0) is 11.5. The summed E-state index contributed by atoms with van der Waals surface area (Å²) in [5, 5.41) is 5.43. The average Bonchev–Trinajstić information content (AvgIpc) is 2.16. The lowest BCUT2D eigenvalue weighted by molar-refractivity contribution is -0.179. The molecule has 0 aromatic heterocycles. The molecule has 0 bridgehead atoms. The number of carbonyl (C=O) groups excluding carboxylic acids is 1. The van der Waals surface area contributed by atoms with E-state index in [2.05, 4.69) is 10.6 Å². The number of piperidine rings is 1. The van der Waals surface area contributed by atoms with Gasteiger partial charge in [0.25, 0.3) is 0 Å². The summed E-state index contributed by atoms with van der Waals surface area (Å²) in [7, 11) is 0. The monoisotopic (exact) mass is 224 g/mol. The second-order valence-electron chi connectivity index (χ2n) is 3.82. The van der Waals surface area contributed by atoms with Crippen LogP contribution in [0.1, 0.15) is 19.8 Å². The van der Waals surface area contributed by atoms with Crippen LogP contribution in [0.3, 0.4) is 0 Å². The van der Waals surface area contributed by atoms with E-state index in [1.165, 1.54) is 0 Å². The molecule has 6 heteroatoms. The van der Waals surface area contributed by atoms with Crippen molar-refractivity contribution in [2.24, 2.45) is 5.92 Å². The van der Waals surface area contributed by atoms with Crippen LogP contribution in [0.2, 0.25) is 0 Å². The minimum absolute atomic E-state index is 0.170. The summed E-state index contributed by atoms with van der Waals surface area (Å²) in [6, 6.07) is -0.170. The van der Waals surface area contributed by atoms with Crippen LogP contribution in [0.5, 0.6) is 0 Å². The molecule has 2 N–H and O–H groups in total. The topological polar surface area (TPSA) is 41.1 Å². The molecule has 1 fully saturated rings. The van der Waals surface area contributed by atoms with Gasteiger partial charge in [0.05, 0.1) is 0 Å². The van der Waals surface area contributed by atoms with Gasteiger partial charge in [-0.2, -0.15) is 13.2 Å². The van der Waals surface area contributed by atoms with Crippen molar-refractivity contribution in [1.29, 1.82) is 0 Å². The summed E-state index contributed by atoms with van der Waals surface area (Å²) < 4.78 is 36.5. The van der Waals surface area contributed by atoms with Crippen LogP contribution in [0.25, 0.3) is 0 Å². The summed E-state index contributed by atoms with van der Waals surface area (Å²) in [4.78, 5) is 11.2. The van der Waals surface area contributed by atoms with E-state index in [0.717, 1.165) is 26.3 Å². The van der Waals surface area contributed by atoms with E-state index in [4.69, 9.17) is 0 Å². The smallest absolute Gasteiger partial charge is 0.352 e. The second kappa shape index (κ2) is 4.83. The molecule has 2 unspecified atom stereocenters. The Morgan fingerprint density at radius 1 is 1.53 bits per heavy atom. The maximum Gasteiger partial charge on any atom is 0.400 e. The van der Waals surface area contributed by atoms with Crippen molar-refractivity contribution in [2.45, 2.75) is 32.0 Å². The Bertz CT molecular complexity index is 224. The molecule has 1 aliphatic rings. The highest BCUT2D eigenvalue weighted by Gasteiger charge is 2.41. The quantitative estimate of drug-likeness (QED) is 0.736. The molecule has 0 saturated carbocycles. The number of alkyl halides is 3. The van der Waals surface area contributed by atoms with Crippen LogP contribution >= 0.6 is 0 Å². The first-order chi connectivity index (χ1) is 6.91. The first-order valence-corrected chi connectivity index (χ1v) is 4.99. The second-order valence-corrected chi connectivity index (χ2v) is 3.82. The molecular weight excluding hydrogens is 209 g/mol. The number of hydrogen-bond acceptors (Lipinski definition) is 2. The largest absolute Gasteiger partial charge is 0.400 e. The van der Waals surface area contributed by atoms with Crippen molar-refractivity contribution in [1.82, 2.24) is 10.6 Å². The molecule has 3 nitrogen and oxygen atoms in total. The number of amides is 1. The third-order valence-electron chi connectivity index (χ3n) is 2.53. The van der Waals surface area contributed by atoms with Crippen LogP contribution in [-0.2, 0) is 4.79 Å². The first kappa shape index (κ1) is 12.3. The van der Waals surface area contributed by atoms with E-state index in [0.29, 0.717) is 6.54 Å². The van der Waals surface area contributed by atoms with Crippen LogP contribution < -0.4 is 10.6 Å². The summed E-state index contributed by atoms with van der Waals surface area (Å²) in [6.45, 7) is 2.29. The molecule has 2 atom stereocenters. The fraction of sp³-hybridized carbons (Fsp3) is 0.889. The van der Waals surface area contributed by atoms with Gasteiger partial charge in [0.2, 0.25) is 5.91 Å². The Labute approximate surface area is 86.4 Å². The molecule has 0 aromatic carbocycles. The molecule has 1 heterocycles. The Balaban J connectivity index is 2.40. The minimum Gasteiger partial charge on any atom is -0.352 e. The van der Waals surface area contributed by atoms with E-state index in [1.807, 2.05) is 0 Å². The van der Waals surface area contributed by atoms with E-state index < -0.39 is 18.0 Å². The van der Waals surface area contributed by atoms with Crippen LogP contribution in [0, 0.1) is 5.92 Å². The summed E-state index contributed by atoms with van der Waals surface area (Å²) in [6.07, 6.45) is -2.83. The molecule has 0 radical (unpaired) electrons. The lowest BCUT2D eigenvalue weighted by Crippen LogP contribution is -2.49. The molecular formula is C9H15F3N2O. The fourth-order valence-electron chi connectivity index (χ4n) is 1.45.